The molecule has 1 aliphatic carbocycles. The Hall–Kier alpha value is -3.68. The third kappa shape index (κ3) is 3.88. The Labute approximate surface area is 179 Å². The first kappa shape index (κ1) is 20.6. The number of rotatable bonds is 5. The quantitative estimate of drug-likeness (QED) is 0.582. The van der Waals surface area contributed by atoms with Crippen LogP contribution in [0.4, 0.5) is 5.69 Å². The maximum absolute atomic E-state index is 13.2. The Balaban J connectivity index is 1.67. The third-order valence-electron chi connectivity index (χ3n) is 5.92. The number of ketones is 1. The summed E-state index contributed by atoms with van der Waals surface area (Å²) in [6.45, 7) is 0. The number of benzene rings is 2. The highest BCUT2D eigenvalue weighted by atomic mass is 16.6. The summed E-state index contributed by atoms with van der Waals surface area (Å²) in [6.07, 6.45) is 0.975. The second-order valence-corrected chi connectivity index (χ2v) is 7.69. The highest BCUT2D eigenvalue weighted by Crippen LogP contribution is 2.43. The number of hydrogen-bond donors (Lipinski definition) is 1. The Morgan fingerprint density at radius 3 is 2.26 bits per heavy atom. The van der Waals surface area contributed by atoms with Gasteiger partial charge >= 0.3 is 0 Å². The van der Waals surface area contributed by atoms with Gasteiger partial charge in [-0.1, -0.05) is 18.2 Å². The van der Waals surface area contributed by atoms with Gasteiger partial charge < -0.3 is 14.8 Å². The molecule has 1 heterocycles. The summed E-state index contributed by atoms with van der Waals surface area (Å²) in [6, 6.07) is 11.6. The fourth-order valence-corrected chi connectivity index (χ4v) is 4.42. The van der Waals surface area contributed by atoms with Crippen LogP contribution in [0.15, 0.2) is 53.7 Å². The van der Waals surface area contributed by atoms with Crippen LogP contribution in [0.25, 0.3) is 0 Å². The Bertz CT molecular complexity index is 1090. The number of nitro groups is 1. The van der Waals surface area contributed by atoms with E-state index in [0.29, 0.717) is 35.6 Å². The molecular weight excluding hydrogens is 400 g/mol. The number of nitrogens with one attached hydrogen (secondary N) is 1. The standard InChI is InChI=1S/C23H22N2O6/c1-30-20-8-5-14(11-21(20)31-2)15-9-18-23(19(26)10-15)17(12-22(27)24-18)13-3-6-16(7-4-13)25(28)29/h3-8,11,15,17H,9-10,12H2,1-2H3,(H,24,27)/t15-,17-/m1/s1. The number of carbonyl (C=O) groups excluding carboxylic acids is 2. The monoisotopic (exact) mass is 422 g/mol. The van der Waals surface area contributed by atoms with Gasteiger partial charge in [-0.05, 0) is 35.6 Å². The van der Waals surface area contributed by atoms with E-state index in [0.717, 1.165) is 11.1 Å². The van der Waals surface area contributed by atoms with Crippen molar-refractivity contribution < 1.29 is 24.0 Å². The summed E-state index contributed by atoms with van der Waals surface area (Å²) in [5.41, 5.74) is 2.87. The van der Waals surface area contributed by atoms with Crippen molar-refractivity contribution in [2.24, 2.45) is 0 Å². The zero-order valence-electron chi connectivity index (χ0n) is 17.2. The van der Waals surface area contributed by atoms with Crippen molar-refractivity contribution in [3.05, 3.63) is 75.0 Å². The van der Waals surface area contributed by atoms with Gasteiger partial charge in [0.25, 0.3) is 5.69 Å². The second-order valence-electron chi connectivity index (χ2n) is 7.69. The van der Waals surface area contributed by atoms with Gasteiger partial charge in [0.15, 0.2) is 17.3 Å². The van der Waals surface area contributed by atoms with Gasteiger partial charge in [-0.25, -0.2) is 0 Å². The minimum atomic E-state index is -0.471. The van der Waals surface area contributed by atoms with E-state index in [9.17, 15) is 19.7 Å². The summed E-state index contributed by atoms with van der Waals surface area (Å²) < 4.78 is 10.7. The fraction of sp³-hybridized carbons (Fsp3) is 0.304. The van der Waals surface area contributed by atoms with E-state index in [2.05, 4.69) is 5.32 Å². The summed E-state index contributed by atoms with van der Waals surface area (Å²) in [7, 11) is 3.12. The molecule has 8 heteroatoms. The number of nitrogens with zero attached hydrogens (tertiary/aromatic N) is 1. The molecule has 0 fully saturated rings. The van der Waals surface area contributed by atoms with E-state index in [1.54, 1.807) is 26.4 Å². The van der Waals surface area contributed by atoms with Crippen LogP contribution < -0.4 is 14.8 Å². The van der Waals surface area contributed by atoms with Crippen molar-refractivity contribution in [1.82, 2.24) is 5.32 Å². The molecule has 0 aromatic heterocycles. The fourth-order valence-electron chi connectivity index (χ4n) is 4.42. The van der Waals surface area contributed by atoms with Crippen LogP contribution in [-0.2, 0) is 9.59 Å². The lowest BCUT2D eigenvalue weighted by molar-refractivity contribution is -0.384. The highest BCUT2D eigenvalue weighted by molar-refractivity contribution is 6.02. The van der Waals surface area contributed by atoms with Gasteiger partial charge in [0, 0.05) is 42.2 Å². The molecule has 2 aliphatic rings. The molecule has 2 aromatic rings. The number of amides is 1. The number of allylic oxidation sites excluding steroid dienone is 2. The summed E-state index contributed by atoms with van der Waals surface area (Å²) >= 11 is 0. The van der Waals surface area contributed by atoms with Gasteiger partial charge in [0.2, 0.25) is 5.91 Å². The van der Waals surface area contributed by atoms with Crippen molar-refractivity contribution in [2.75, 3.05) is 14.2 Å². The number of carbonyl (C=O) groups is 2. The zero-order chi connectivity index (χ0) is 22.1. The first-order valence-electron chi connectivity index (χ1n) is 9.93. The predicted molar refractivity (Wildman–Crippen MR) is 112 cm³/mol. The SMILES string of the molecule is COc1ccc([C@H]2CC(=O)C3=C(C2)NC(=O)C[C@@H]3c2ccc([N+](=O)[O-])cc2)cc1OC. The molecule has 2 atom stereocenters. The molecule has 0 unspecified atom stereocenters. The van der Waals surface area contributed by atoms with Crippen molar-refractivity contribution in [1.29, 1.82) is 0 Å². The van der Waals surface area contributed by atoms with Crippen LogP contribution in [0, 0.1) is 10.1 Å². The lowest BCUT2D eigenvalue weighted by atomic mass is 9.73. The van der Waals surface area contributed by atoms with E-state index in [-0.39, 0.29) is 29.7 Å². The maximum atomic E-state index is 13.2. The first-order chi connectivity index (χ1) is 14.9. The van der Waals surface area contributed by atoms with Crippen LogP contribution in [0.1, 0.15) is 42.2 Å². The minimum absolute atomic E-state index is 0.0237. The van der Waals surface area contributed by atoms with Crippen LogP contribution in [0.3, 0.4) is 0 Å². The van der Waals surface area contributed by atoms with Crippen LogP contribution in [0.2, 0.25) is 0 Å². The number of Topliss-reactive ketones (excluding diaryl/α,β-unsaturated/α-hetero) is 1. The van der Waals surface area contributed by atoms with Gasteiger partial charge in [-0.3, -0.25) is 19.7 Å². The molecular formula is C23H22N2O6. The molecule has 31 heavy (non-hydrogen) atoms. The van der Waals surface area contributed by atoms with Gasteiger partial charge in [-0.2, -0.15) is 0 Å². The molecule has 2 aromatic carbocycles. The molecule has 1 aliphatic heterocycles. The van der Waals surface area contributed by atoms with E-state index in [1.807, 2.05) is 18.2 Å². The van der Waals surface area contributed by atoms with E-state index >= 15 is 0 Å². The van der Waals surface area contributed by atoms with Crippen LogP contribution >= 0.6 is 0 Å². The number of nitro benzene ring substituents is 1. The van der Waals surface area contributed by atoms with Gasteiger partial charge in [-0.15, -0.1) is 0 Å². The lowest BCUT2D eigenvalue weighted by Crippen LogP contribution is -2.38. The van der Waals surface area contributed by atoms with Crippen molar-refractivity contribution in [2.45, 2.75) is 31.1 Å². The number of methoxy groups -OCH3 is 2. The molecule has 1 amide bonds. The molecule has 1 N–H and O–H groups in total. The van der Waals surface area contributed by atoms with Crippen molar-refractivity contribution >= 4 is 17.4 Å². The summed E-state index contributed by atoms with van der Waals surface area (Å²) in [5, 5.41) is 13.8. The molecule has 0 spiro atoms. The van der Waals surface area contributed by atoms with E-state index < -0.39 is 10.8 Å². The average Bonchev–Trinajstić information content (AvgIpc) is 2.77. The first-order valence-corrected chi connectivity index (χ1v) is 9.93. The second kappa shape index (κ2) is 8.22. The number of hydrogen-bond acceptors (Lipinski definition) is 6. The largest absolute Gasteiger partial charge is 0.493 e. The van der Waals surface area contributed by atoms with Crippen molar-refractivity contribution in [3.8, 4) is 11.5 Å². The van der Waals surface area contributed by atoms with E-state index in [4.69, 9.17) is 9.47 Å². The van der Waals surface area contributed by atoms with Crippen LogP contribution in [-0.4, -0.2) is 30.8 Å². The number of ether oxygens (including phenoxy) is 2. The van der Waals surface area contributed by atoms with E-state index in [1.165, 1.54) is 12.1 Å². The number of non-ortho nitro benzene ring substituents is 1. The molecule has 0 bridgehead atoms. The topological polar surface area (TPSA) is 108 Å². The smallest absolute Gasteiger partial charge is 0.269 e. The maximum Gasteiger partial charge on any atom is 0.269 e. The minimum Gasteiger partial charge on any atom is -0.493 e. The molecule has 0 saturated carbocycles. The third-order valence-corrected chi connectivity index (χ3v) is 5.92. The Morgan fingerprint density at radius 1 is 0.935 bits per heavy atom. The summed E-state index contributed by atoms with van der Waals surface area (Å²) in [4.78, 5) is 36.1. The molecule has 0 radical (unpaired) electrons. The average molecular weight is 422 g/mol. The molecule has 4 rings (SSSR count). The lowest BCUT2D eigenvalue weighted by Gasteiger charge is -2.34. The Kier molecular flexibility index (Phi) is 5.46. The normalized spacial score (nSPS) is 20.7. The molecule has 160 valence electrons. The van der Waals surface area contributed by atoms with Crippen LogP contribution in [0.5, 0.6) is 11.5 Å². The molecule has 0 saturated heterocycles. The van der Waals surface area contributed by atoms with Crippen molar-refractivity contribution in [3.63, 3.8) is 0 Å². The molecule has 8 nitrogen and oxygen atoms in total. The zero-order valence-corrected chi connectivity index (χ0v) is 17.2. The Morgan fingerprint density at radius 2 is 1.61 bits per heavy atom. The van der Waals surface area contributed by atoms with Gasteiger partial charge in [0.05, 0.1) is 19.1 Å². The predicted octanol–water partition coefficient (Wildman–Crippen LogP) is 3.62. The summed E-state index contributed by atoms with van der Waals surface area (Å²) in [5.74, 6) is 0.513. The highest BCUT2D eigenvalue weighted by Gasteiger charge is 2.38. The van der Waals surface area contributed by atoms with Gasteiger partial charge in [0.1, 0.15) is 0 Å².